The molecule has 0 aliphatic heterocycles. The van der Waals surface area contributed by atoms with Crippen LogP contribution < -0.4 is 5.32 Å². The van der Waals surface area contributed by atoms with Crippen LogP contribution in [0.15, 0.2) is 22.7 Å². The van der Waals surface area contributed by atoms with Gasteiger partial charge in [0, 0.05) is 39.4 Å². The Morgan fingerprint density at radius 1 is 1.40 bits per heavy atom. The molecule has 112 valence electrons. The van der Waals surface area contributed by atoms with E-state index in [0.29, 0.717) is 12.2 Å². The largest absolute Gasteiger partial charge is 0.417 e. The summed E-state index contributed by atoms with van der Waals surface area (Å²) in [5.41, 5.74) is -0.946. The molecule has 0 aromatic heterocycles. The highest BCUT2D eigenvalue weighted by molar-refractivity contribution is 9.10. The average molecular weight is 372 g/mol. The van der Waals surface area contributed by atoms with E-state index in [9.17, 15) is 22.2 Å². The molecule has 0 saturated heterocycles. The van der Waals surface area contributed by atoms with Gasteiger partial charge in [-0.05, 0) is 24.6 Å². The van der Waals surface area contributed by atoms with Crippen molar-refractivity contribution < 1.29 is 22.2 Å². The van der Waals surface area contributed by atoms with Crippen LogP contribution in [0.25, 0.3) is 0 Å². The summed E-state index contributed by atoms with van der Waals surface area (Å²) in [6, 6.07) is 3.31. The van der Waals surface area contributed by atoms with E-state index in [1.54, 1.807) is 6.26 Å². The van der Waals surface area contributed by atoms with Crippen LogP contribution in [0.2, 0.25) is 0 Å². The third kappa shape index (κ3) is 5.24. The van der Waals surface area contributed by atoms with Gasteiger partial charge in [-0.3, -0.25) is 9.00 Å². The molecule has 0 heterocycles. The van der Waals surface area contributed by atoms with Crippen molar-refractivity contribution in [1.82, 2.24) is 5.32 Å². The van der Waals surface area contributed by atoms with Gasteiger partial charge in [-0.15, -0.1) is 0 Å². The first-order valence-corrected chi connectivity index (χ1v) is 8.19. The standard InChI is InChI=1S/C12H13BrF3NO2S/c1-20(19)6-2-5-17-11(18)8-3-4-10(13)9(7-8)12(14,15)16/h3-4,7H,2,5-6H2,1H3,(H,17,18). The Balaban J connectivity index is 2.72. The quantitative estimate of drug-likeness (QED) is 0.808. The zero-order valence-electron chi connectivity index (χ0n) is 10.6. The van der Waals surface area contributed by atoms with Crippen molar-refractivity contribution in [3.05, 3.63) is 33.8 Å². The van der Waals surface area contributed by atoms with E-state index in [2.05, 4.69) is 21.2 Å². The van der Waals surface area contributed by atoms with Crippen molar-refractivity contribution in [1.29, 1.82) is 0 Å². The molecule has 20 heavy (non-hydrogen) atoms. The number of benzene rings is 1. The van der Waals surface area contributed by atoms with Crippen molar-refractivity contribution >= 4 is 32.6 Å². The summed E-state index contributed by atoms with van der Waals surface area (Å²) in [5, 5.41) is 2.50. The predicted octanol–water partition coefficient (Wildman–Crippen LogP) is 2.97. The molecule has 0 bridgehead atoms. The molecule has 1 N–H and O–H groups in total. The Bertz CT molecular complexity index is 520. The normalized spacial score (nSPS) is 13.1. The third-order valence-corrected chi connectivity index (χ3v) is 3.98. The van der Waals surface area contributed by atoms with E-state index in [4.69, 9.17) is 0 Å². The minimum Gasteiger partial charge on any atom is -0.352 e. The summed E-state index contributed by atoms with van der Waals surface area (Å²) in [5.74, 6) is -0.140. The predicted molar refractivity (Wildman–Crippen MR) is 75.0 cm³/mol. The van der Waals surface area contributed by atoms with Gasteiger partial charge in [0.15, 0.2) is 0 Å². The SMILES string of the molecule is CS(=O)CCCNC(=O)c1ccc(Br)c(C(F)(F)F)c1. The Labute approximate surface area is 125 Å². The number of carbonyl (C=O) groups excluding carboxylic acids is 1. The monoisotopic (exact) mass is 371 g/mol. The highest BCUT2D eigenvalue weighted by atomic mass is 79.9. The van der Waals surface area contributed by atoms with Crippen LogP contribution in [0.5, 0.6) is 0 Å². The Kier molecular flexibility index (Phi) is 6.19. The Hall–Kier alpha value is -0.890. The number of hydrogen-bond donors (Lipinski definition) is 1. The molecule has 1 amide bonds. The lowest BCUT2D eigenvalue weighted by atomic mass is 10.1. The summed E-state index contributed by atoms with van der Waals surface area (Å²) in [6.45, 7) is 0.274. The van der Waals surface area contributed by atoms with Crippen LogP contribution in [-0.2, 0) is 17.0 Å². The van der Waals surface area contributed by atoms with Crippen molar-refractivity contribution in [2.75, 3.05) is 18.6 Å². The highest BCUT2D eigenvalue weighted by Crippen LogP contribution is 2.35. The number of amides is 1. The summed E-state index contributed by atoms with van der Waals surface area (Å²) in [7, 11) is -0.950. The second kappa shape index (κ2) is 7.21. The lowest BCUT2D eigenvalue weighted by Gasteiger charge is -2.11. The lowest BCUT2D eigenvalue weighted by Crippen LogP contribution is -2.25. The molecular weight excluding hydrogens is 359 g/mol. The van der Waals surface area contributed by atoms with E-state index in [1.165, 1.54) is 12.1 Å². The molecule has 8 heteroatoms. The molecule has 1 atom stereocenters. The van der Waals surface area contributed by atoms with Crippen LogP contribution in [0.3, 0.4) is 0 Å². The van der Waals surface area contributed by atoms with Crippen molar-refractivity contribution in [3.8, 4) is 0 Å². The minimum absolute atomic E-state index is 0.0573. The molecule has 0 aliphatic carbocycles. The maximum absolute atomic E-state index is 12.7. The number of hydrogen-bond acceptors (Lipinski definition) is 2. The maximum atomic E-state index is 12.7. The molecular formula is C12H13BrF3NO2S. The van der Waals surface area contributed by atoms with Gasteiger partial charge in [0.25, 0.3) is 5.91 Å². The summed E-state index contributed by atoms with van der Waals surface area (Å²) >= 11 is 2.81. The number of rotatable bonds is 5. The molecule has 3 nitrogen and oxygen atoms in total. The first kappa shape index (κ1) is 17.2. The van der Waals surface area contributed by atoms with Crippen molar-refractivity contribution in [2.45, 2.75) is 12.6 Å². The molecule has 0 spiro atoms. The fraction of sp³-hybridized carbons (Fsp3) is 0.417. The average Bonchev–Trinajstić information content (AvgIpc) is 2.33. The van der Waals surface area contributed by atoms with Crippen LogP contribution >= 0.6 is 15.9 Å². The lowest BCUT2D eigenvalue weighted by molar-refractivity contribution is -0.138. The zero-order chi connectivity index (χ0) is 15.3. The fourth-order valence-corrected chi connectivity index (χ4v) is 2.49. The zero-order valence-corrected chi connectivity index (χ0v) is 13.0. The number of carbonyl (C=O) groups is 1. The number of halogens is 4. The van der Waals surface area contributed by atoms with Gasteiger partial charge in [0.05, 0.1) is 5.56 Å². The molecule has 0 saturated carbocycles. The maximum Gasteiger partial charge on any atom is 0.417 e. The van der Waals surface area contributed by atoms with Gasteiger partial charge in [0.1, 0.15) is 0 Å². The highest BCUT2D eigenvalue weighted by Gasteiger charge is 2.33. The number of nitrogens with one attached hydrogen (secondary N) is 1. The number of alkyl halides is 3. The first-order chi connectivity index (χ1) is 9.21. The van der Waals surface area contributed by atoms with E-state index in [0.717, 1.165) is 6.07 Å². The minimum atomic E-state index is -4.52. The molecule has 0 aliphatic rings. The Morgan fingerprint density at radius 2 is 2.05 bits per heavy atom. The first-order valence-electron chi connectivity index (χ1n) is 5.67. The topological polar surface area (TPSA) is 46.2 Å². The Morgan fingerprint density at radius 3 is 2.60 bits per heavy atom. The molecule has 0 radical (unpaired) electrons. The van der Waals surface area contributed by atoms with Crippen molar-refractivity contribution in [2.24, 2.45) is 0 Å². The second-order valence-corrected chi connectivity index (χ2v) is 6.49. The van der Waals surface area contributed by atoms with Crippen LogP contribution in [-0.4, -0.2) is 28.7 Å². The fourth-order valence-electron chi connectivity index (χ4n) is 1.46. The van der Waals surface area contributed by atoms with E-state index < -0.39 is 28.4 Å². The third-order valence-electron chi connectivity index (χ3n) is 2.43. The van der Waals surface area contributed by atoms with E-state index in [1.807, 2.05) is 0 Å². The van der Waals surface area contributed by atoms with Gasteiger partial charge in [-0.25, -0.2) is 0 Å². The van der Waals surface area contributed by atoms with Gasteiger partial charge in [-0.2, -0.15) is 13.2 Å². The summed E-state index contributed by atoms with van der Waals surface area (Å²) in [4.78, 5) is 11.7. The van der Waals surface area contributed by atoms with Gasteiger partial charge in [-0.1, -0.05) is 15.9 Å². The van der Waals surface area contributed by atoms with Gasteiger partial charge < -0.3 is 5.32 Å². The summed E-state index contributed by atoms with van der Waals surface area (Å²) < 4.78 is 48.8. The van der Waals surface area contributed by atoms with Crippen LogP contribution in [0, 0.1) is 0 Å². The summed E-state index contributed by atoms with van der Waals surface area (Å²) in [6.07, 6.45) is -2.46. The van der Waals surface area contributed by atoms with Gasteiger partial charge in [0.2, 0.25) is 0 Å². The van der Waals surface area contributed by atoms with Crippen LogP contribution in [0.1, 0.15) is 22.3 Å². The second-order valence-electron chi connectivity index (χ2n) is 4.08. The smallest absolute Gasteiger partial charge is 0.352 e. The van der Waals surface area contributed by atoms with E-state index >= 15 is 0 Å². The van der Waals surface area contributed by atoms with Crippen molar-refractivity contribution in [3.63, 3.8) is 0 Å². The molecule has 1 unspecified atom stereocenters. The van der Waals surface area contributed by atoms with E-state index in [-0.39, 0.29) is 16.6 Å². The molecule has 1 rings (SSSR count). The molecule has 0 fully saturated rings. The molecule has 1 aromatic rings. The van der Waals surface area contributed by atoms with Crippen LogP contribution in [0.4, 0.5) is 13.2 Å². The molecule has 1 aromatic carbocycles. The van der Waals surface area contributed by atoms with Gasteiger partial charge >= 0.3 is 6.18 Å².